The molecule has 0 aliphatic carbocycles. The topological polar surface area (TPSA) is 18.5 Å². The average molecular weight is 408 g/mol. The molecule has 1 unspecified atom stereocenters. The number of hydrogen-bond donors (Lipinski definition) is 0. The van der Waals surface area contributed by atoms with Crippen LogP contribution >= 0.6 is 0 Å². The van der Waals surface area contributed by atoms with Crippen LogP contribution in [0.2, 0.25) is 0 Å². The number of rotatable bonds is 7. The Labute approximate surface area is 168 Å². The van der Waals surface area contributed by atoms with Crippen LogP contribution in [0.5, 0.6) is 5.75 Å². The van der Waals surface area contributed by atoms with Gasteiger partial charge in [0.15, 0.2) is 23.2 Å². The van der Waals surface area contributed by atoms with Crippen LogP contribution < -0.4 is 4.74 Å². The molecule has 2 atom stereocenters. The molecule has 6 heteroatoms. The summed E-state index contributed by atoms with van der Waals surface area (Å²) < 4.78 is 68.8. The lowest BCUT2D eigenvalue weighted by Gasteiger charge is -2.29. The molecule has 1 aliphatic rings. The van der Waals surface area contributed by atoms with Crippen molar-refractivity contribution in [3.8, 4) is 16.9 Å². The summed E-state index contributed by atoms with van der Waals surface area (Å²) in [7, 11) is 0. The van der Waals surface area contributed by atoms with Crippen LogP contribution in [0.3, 0.4) is 0 Å². The van der Waals surface area contributed by atoms with E-state index in [0.29, 0.717) is 13.0 Å². The van der Waals surface area contributed by atoms with E-state index in [4.69, 9.17) is 9.47 Å². The summed E-state index contributed by atoms with van der Waals surface area (Å²) in [5.41, 5.74) is -0.482. The quantitative estimate of drug-likeness (QED) is 0.383. The largest absolute Gasteiger partial charge is 0.491 e. The maximum absolute atomic E-state index is 14.8. The fourth-order valence-corrected chi connectivity index (χ4v) is 3.68. The Balaban J connectivity index is 1.84. The third-order valence-corrected chi connectivity index (χ3v) is 5.25. The van der Waals surface area contributed by atoms with Crippen LogP contribution in [0.1, 0.15) is 44.1 Å². The fourth-order valence-electron chi connectivity index (χ4n) is 3.68. The van der Waals surface area contributed by atoms with E-state index < -0.39 is 23.3 Å². The van der Waals surface area contributed by atoms with Crippen LogP contribution in [0.4, 0.5) is 17.6 Å². The van der Waals surface area contributed by atoms with Crippen molar-refractivity contribution in [3.63, 3.8) is 0 Å². The molecule has 0 amide bonds. The van der Waals surface area contributed by atoms with Crippen molar-refractivity contribution in [2.75, 3.05) is 13.2 Å². The van der Waals surface area contributed by atoms with Crippen LogP contribution in [0.25, 0.3) is 11.1 Å². The fraction of sp³-hybridized carbons (Fsp3) is 0.391. The van der Waals surface area contributed by atoms with E-state index in [1.807, 2.05) is 6.08 Å². The lowest BCUT2D eigenvalue weighted by Crippen LogP contribution is -2.25. The van der Waals surface area contributed by atoms with E-state index >= 15 is 0 Å². The summed E-state index contributed by atoms with van der Waals surface area (Å²) in [6, 6.07) is 5.12. The van der Waals surface area contributed by atoms with E-state index in [1.165, 1.54) is 24.3 Å². The van der Waals surface area contributed by atoms with Gasteiger partial charge in [-0.1, -0.05) is 18.2 Å². The van der Waals surface area contributed by atoms with Gasteiger partial charge >= 0.3 is 0 Å². The first-order chi connectivity index (χ1) is 14.0. The number of halogens is 4. The van der Waals surface area contributed by atoms with Crippen LogP contribution in [0, 0.1) is 23.3 Å². The standard InChI is InChI=1S/C23H24F4O2/c1-3-5-6-15-8-7-14(13-29-15)16-9-10-17(21(25)20(16)24)18-11-12-19(28-4-2)23(27)22(18)26/h3,9-12,14-15H,1,4-8,13H2,2H3/t14-,15?/m1/s1. The molecule has 0 radical (unpaired) electrons. The Bertz CT molecular complexity index is 874. The molecule has 3 rings (SSSR count). The van der Waals surface area contributed by atoms with Gasteiger partial charge < -0.3 is 9.47 Å². The zero-order chi connectivity index (χ0) is 21.0. The molecule has 156 valence electrons. The highest BCUT2D eigenvalue weighted by Crippen LogP contribution is 2.37. The molecule has 2 aromatic rings. The second kappa shape index (κ2) is 9.44. The van der Waals surface area contributed by atoms with Gasteiger partial charge in [0, 0.05) is 17.0 Å². The minimum atomic E-state index is -1.27. The minimum absolute atomic E-state index is 0.0948. The predicted octanol–water partition coefficient (Wildman–Crippen LogP) is 6.54. The Morgan fingerprint density at radius 1 is 1.00 bits per heavy atom. The highest BCUT2D eigenvalue weighted by atomic mass is 19.2. The van der Waals surface area contributed by atoms with Gasteiger partial charge in [0.25, 0.3) is 0 Å². The minimum Gasteiger partial charge on any atom is -0.491 e. The first-order valence-corrected chi connectivity index (χ1v) is 9.79. The molecule has 1 aliphatic heterocycles. The summed E-state index contributed by atoms with van der Waals surface area (Å²) in [4.78, 5) is 0. The van der Waals surface area contributed by atoms with Crippen molar-refractivity contribution >= 4 is 0 Å². The highest BCUT2D eigenvalue weighted by Gasteiger charge is 2.28. The van der Waals surface area contributed by atoms with E-state index in [1.54, 1.807) is 6.92 Å². The van der Waals surface area contributed by atoms with Gasteiger partial charge in [0.05, 0.1) is 19.3 Å². The van der Waals surface area contributed by atoms with E-state index in [9.17, 15) is 17.6 Å². The van der Waals surface area contributed by atoms with Crippen molar-refractivity contribution in [3.05, 3.63) is 65.8 Å². The molecule has 0 bridgehead atoms. The molecule has 2 aromatic carbocycles. The molecule has 0 aromatic heterocycles. The molecule has 1 fully saturated rings. The predicted molar refractivity (Wildman–Crippen MR) is 104 cm³/mol. The second-order valence-electron chi connectivity index (χ2n) is 7.10. The maximum Gasteiger partial charge on any atom is 0.201 e. The summed E-state index contributed by atoms with van der Waals surface area (Å²) in [6.45, 7) is 5.77. The Morgan fingerprint density at radius 2 is 1.69 bits per heavy atom. The van der Waals surface area contributed by atoms with Crippen LogP contribution in [-0.2, 0) is 4.74 Å². The lowest BCUT2D eigenvalue weighted by molar-refractivity contribution is -0.000881. The van der Waals surface area contributed by atoms with Gasteiger partial charge in [0.1, 0.15) is 0 Å². The van der Waals surface area contributed by atoms with Gasteiger partial charge in [-0.3, -0.25) is 0 Å². The molecule has 29 heavy (non-hydrogen) atoms. The number of ether oxygens (including phenoxy) is 2. The Morgan fingerprint density at radius 3 is 2.31 bits per heavy atom. The zero-order valence-electron chi connectivity index (χ0n) is 16.3. The SMILES string of the molecule is C=CCCC1CC[C@@H](c2ccc(-c3ccc(OCC)c(F)c3F)c(F)c2F)CO1. The van der Waals surface area contributed by atoms with Crippen molar-refractivity contribution in [1.82, 2.24) is 0 Å². The highest BCUT2D eigenvalue weighted by molar-refractivity contribution is 5.66. The smallest absolute Gasteiger partial charge is 0.201 e. The van der Waals surface area contributed by atoms with E-state index in [0.717, 1.165) is 19.3 Å². The van der Waals surface area contributed by atoms with Gasteiger partial charge in [-0.25, -0.2) is 13.2 Å². The summed E-state index contributed by atoms with van der Waals surface area (Å²) in [5.74, 6) is -5.28. The van der Waals surface area contributed by atoms with Crippen molar-refractivity contribution in [1.29, 1.82) is 0 Å². The zero-order valence-corrected chi connectivity index (χ0v) is 16.3. The number of benzene rings is 2. The van der Waals surface area contributed by atoms with Gasteiger partial charge in [-0.2, -0.15) is 4.39 Å². The molecule has 1 heterocycles. The lowest BCUT2D eigenvalue weighted by atomic mass is 9.88. The molecular formula is C23H24F4O2. The van der Waals surface area contributed by atoms with Crippen molar-refractivity contribution in [2.24, 2.45) is 0 Å². The van der Waals surface area contributed by atoms with Crippen LogP contribution in [0.15, 0.2) is 36.9 Å². The molecular weight excluding hydrogens is 384 g/mol. The third-order valence-electron chi connectivity index (χ3n) is 5.25. The van der Waals surface area contributed by atoms with E-state index in [-0.39, 0.29) is 41.1 Å². The van der Waals surface area contributed by atoms with Crippen LogP contribution in [-0.4, -0.2) is 19.3 Å². The third kappa shape index (κ3) is 4.47. The van der Waals surface area contributed by atoms with E-state index in [2.05, 4.69) is 6.58 Å². The monoisotopic (exact) mass is 408 g/mol. The average Bonchev–Trinajstić information content (AvgIpc) is 2.73. The summed E-state index contributed by atoms with van der Waals surface area (Å²) in [5, 5.41) is 0. The van der Waals surface area contributed by atoms with Crippen molar-refractivity contribution in [2.45, 2.75) is 44.6 Å². The maximum atomic E-state index is 14.8. The first kappa shape index (κ1) is 21.4. The molecule has 0 N–H and O–H groups in total. The molecule has 0 saturated carbocycles. The van der Waals surface area contributed by atoms with Gasteiger partial charge in [-0.15, -0.1) is 6.58 Å². The summed E-state index contributed by atoms with van der Waals surface area (Å²) >= 11 is 0. The first-order valence-electron chi connectivity index (χ1n) is 9.79. The Kier molecular flexibility index (Phi) is 6.96. The molecule has 0 spiro atoms. The molecule has 1 saturated heterocycles. The number of allylic oxidation sites excluding steroid dienone is 1. The Hall–Kier alpha value is -2.34. The molecule has 2 nitrogen and oxygen atoms in total. The van der Waals surface area contributed by atoms with Gasteiger partial charge in [0.2, 0.25) is 5.82 Å². The number of hydrogen-bond acceptors (Lipinski definition) is 2. The second-order valence-corrected chi connectivity index (χ2v) is 7.10. The van der Waals surface area contributed by atoms with Crippen molar-refractivity contribution < 1.29 is 27.0 Å². The normalized spacial score (nSPS) is 19.2. The van der Waals surface area contributed by atoms with Gasteiger partial charge in [-0.05, 0) is 50.3 Å². The summed E-state index contributed by atoms with van der Waals surface area (Å²) in [6.07, 6.45) is 5.04.